The maximum absolute atomic E-state index is 12.4. The van der Waals surface area contributed by atoms with Crippen LogP contribution in [-0.4, -0.2) is 11.5 Å². The molecule has 0 aliphatic carbocycles. The van der Waals surface area contributed by atoms with Gasteiger partial charge in [0, 0.05) is 4.91 Å². The van der Waals surface area contributed by atoms with Crippen LogP contribution in [0.1, 0.15) is 22.8 Å². The average molecular weight is 324 g/mol. The predicted molar refractivity (Wildman–Crippen MR) is 98.0 cm³/mol. The van der Waals surface area contributed by atoms with Crippen LogP contribution >= 0.6 is 11.8 Å². The molecule has 0 aliphatic rings. The first-order chi connectivity index (χ1) is 11.2. The van der Waals surface area contributed by atoms with E-state index >= 15 is 0 Å². The minimum Gasteiger partial charge on any atom is -0.488 e. The highest BCUT2D eigenvalue weighted by atomic mass is 32.2. The van der Waals surface area contributed by atoms with Crippen molar-refractivity contribution >= 4 is 17.5 Å². The molecule has 0 saturated heterocycles. The SMILES string of the molecule is C=C(/C=C\C(=O)c1ccccc1OCc1ccccc1)SCC. The molecule has 2 aromatic carbocycles. The smallest absolute Gasteiger partial charge is 0.189 e. The molecule has 118 valence electrons. The van der Waals surface area contributed by atoms with Crippen molar-refractivity contribution in [3.8, 4) is 5.75 Å². The second-order valence-electron chi connectivity index (χ2n) is 4.87. The van der Waals surface area contributed by atoms with Crippen LogP contribution in [0.25, 0.3) is 0 Å². The molecule has 23 heavy (non-hydrogen) atoms. The molecule has 0 aromatic heterocycles. The van der Waals surface area contributed by atoms with Crippen LogP contribution in [0.4, 0.5) is 0 Å². The van der Waals surface area contributed by atoms with Crippen LogP contribution in [0.2, 0.25) is 0 Å². The first-order valence-electron chi connectivity index (χ1n) is 7.50. The monoisotopic (exact) mass is 324 g/mol. The predicted octanol–water partition coefficient (Wildman–Crippen LogP) is 5.27. The van der Waals surface area contributed by atoms with Crippen molar-refractivity contribution in [3.05, 3.63) is 89.4 Å². The van der Waals surface area contributed by atoms with Gasteiger partial charge in [0.1, 0.15) is 12.4 Å². The summed E-state index contributed by atoms with van der Waals surface area (Å²) in [6, 6.07) is 17.2. The van der Waals surface area contributed by atoms with Gasteiger partial charge in [0.25, 0.3) is 0 Å². The number of carbonyl (C=O) groups is 1. The molecule has 0 heterocycles. The number of hydrogen-bond acceptors (Lipinski definition) is 3. The lowest BCUT2D eigenvalue weighted by atomic mass is 10.1. The fourth-order valence-corrected chi connectivity index (χ4v) is 2.56. The summed E-state index contributed by atoms with van der Waals surface area (Å²) in [7, 11) is 0. The normalized spacial score (nSPS) is 10.7. The molecule has 3 heteroatoms. The van der Waals surface area contributed by atoms with Crippen molar-refractivity contribution < 1.29 is 9.53 Å². The Morgan fingerprint density at radius 3 is 2.52 bits per heavy atom. The van der Waals surface area contributed by atoms with Gasteiger partial charge in [-0.2, -0.15) is 0 Å². The minimum absolute atomic E-state index is 0.0773. The first kappa shape index (κ1) is 17.1. The molecule has 0 unspecified atom stereocenters. The third-order valence-electron chi connectivity index (χ3n) is 3.14. The number of benzene rings is 2. The van der Waals surface area contributed by atoms with Crippen molar-refractivity contribution in [2.24, 2.45) is 0 Å². The number of hydrogen-bond donors (Lipinski definition) is 0. The van der Waals surface area contributed by atoms with E-state index in [1.54, 1.807) is 30.0 Å². The van der Waals surface area contributed by atoms with Gasteiger partial charge in [0.2, 0.25) is 0 Å². The number of allylic oxidation sites excluding steroid dienone is 2. The summed E-state index contributed by atoms with van der Waals surface area (Å²) >= 11 is 1.62. The molecule has 0 spiro atoms. The van der Waals surface area contributed by atoms with Crippen LogP contribution in [0.5, 0.6) is 5.75 Å². The van der Waals surface area contributed by atoms with Gasteiger partial charge in [-0.05, 0) is 35.6 Å². The number of para-hydroxylation sites is 1. The van der Waals surface area contributed by atoms with Gasteiger partial charge in [0.15, 0.2) is 5.78 Å². The molecule has 0 radical (unpaired) electrons. The Bertz CT molecular complexity index is 690. The van der Waals surface area contributed by atoms with Gasteiger partial charge >= 0.3 is 0 Å². The summed E-state index contributed by atoms with van der Waals surface area (Å²) in [4.78, 5) is 13.2. The highest BCUT2D eigenvalue weighted by Crippen LogP contribution is 2.21. The van der Waals surface area contributed by atoms with Gasteiger partial charge in [-0.3, -0.25) is 4.79 Å². The molecule has 0 aliphatic heterocycles. The Morgan fingerprint density at radius 2 is 1.78 bits per heavy atom. The standard InChI is InChI=1S/C20H20O2S/c1-3-23-16(2)13-14-19(21)18-11-7-8-12-20(18)22-15-17-9-5-4-6-10-17/h4-14H,2-3,15H2,1H3/b14-13-. The van der Waals surface area contributed by atoms with Gasteiger partial charge in [-0.25, -0.2) is 0 Å². The molecule has 0 fully saturated rings. The lowest BCUT2D eigenvalue weighted by Gasteiger charge is -2.09. The number of rotatable bonds is 8. The zero-order valence-corrected chi connectivity index (χ0v) is 14.0. The molecule has 2 aromatic rings. The van der Waals surface area contributed by atoms with E-state index in [1.807, 2.05) is 48.5 Å². The maximum Gasteiger partial charge on any atom is 0.189 e. The van der Waals surface area contributed by atoms with E-state index in [0.717, 1.165) is 16.2 Å². The zero-order chi connectivity index (χ0) is 16.5. The van der Waals surface area contributed by atoms with E-state index in [4.69, 9.17) is 4.74 Å². The minimum atomic E-state index is -0.0773. The molecular formula is C20H20O2S. The van der Waals surface area contributed by atoms with Crippen LogP contribution in [0.3, 0.4) is 0 Å². The molecule has 0 saturated carbocycles. The Hall–Kier alpha value is -2.26. The van der Waals surface area contributed by atoms with E-state index in [2.05, 4.69) is 13.5 Å². The summed E-state index contributed by atoms with van der Waals surface area (Å²) in [6.45, 7) is 6.39. The third kappa shape index (κ3) is 5.46. The fourth-order valence-electron chi connectivity index (χ4n) is 2.02. The maximum atomic E-state index is 12.4. The number of ketones is 1. The molecular weight excluding hydrogens is 304 g/mol. The van der Waals surface area contributed by atoms with Crippen molar-refractivity contribution in [1.29, 1.82) is 0 Å². The largest absolute Gasteiger partial charge is 0.488 e. The molecule has 0 bridgehead atoms. The summed E-state index contributed by atoms with van der Waals surface area (Å²) < 4.78 is 5.82. The lowest BCUT2D eigenvalue weighted by Crippen LogP contribution is -2.02. The van der Waals surface area contributed by atoms with Crippen molar-refractivity contribution in [1.82, 2.24) is 0 Å². The second-order valence-corrected chi connectivity index (χ2v) is 6.26. The Balaban J connectivity index is 2.07. The average Bonchev–Trinajstić information content (AvgIpc) is 2.59. The Labute approximate surface area is 141 Å². The van der Waals surface area contributed by atoms with E-state index in [0.29, 0.717) is 17.9 Å². The number of ether oxygens (including phenoxy) is 1. The van der Waals surface area contributed by atoms with Crippen LogP contribution < -0.4 is 4.74 Å². The Kier molecular flexibility index (Phi) is 6.70. The summed E-state index contributed by atoms with van der Waals surface area (Å²) in [5.41, 5.74) is 1.63. The topological polar surface area (TPSA) is 26.3 Å². The molecule has 2 rings (SSSR count). The van der Waals surface area contributed by atoms with Crippen molar-refractivity contribution in [2.45, 2.75) is 13.5 Å². The highest BCUT2D eigenvalue weighted by molar-refractivity contribution is 8.03. The number of thioether (sulfide) groups is 1. The Morgan fingerprint density at radius 1 is 1.09 bits per heavy atom. The van der Waals surface area contributed by atoms with Gasteiger partial charge in [-0.15, -0.1) is 11.8 Å². The quantitative estimate of drug-likeness (QED) is 0.376. The highest BCUT2D eigenvalue weighted by Gasteiger charge is 2.09. The van der Waals surface area contributed by atoms with Gasteiger partial charge < -0.3 is 4.74 Å². The van der Waals surface area contributed by atoms with E-state index in [-0.39, 0.29) is 5.78 Å². The second kappa shape index (κ2) is 9.01. The van der Waals surface area contributed by atoms with Gasteiger partial charge in [-0.1, -0.05) is 56.0 Å². The van der Waals surface area contributed by atoms with Crippen molar-refractivity contribution in [3.63, 3.8) is 0 Å². The molecule has 0 N–H and O–H groups in total. The third-order valence-corrected chi connectivity index (χ3v) is 3.94. The molecule has 0 atom stereocenters. The van der Waals surface area contributed by atoms with Crippen molar-refractivity contribution in [2.75, 3.05) is 5.75 Å². The van der Waals surface area contributed by atoms with Crippen LogP contribution in [0.15, 0.2) is 78.2 Å². The molecule has 2 nitrogen and oxygen atoms in total. The fraction of sp³-hybridized carbons (Fsp3) is 0.150. The first-order valence-corrected chi connectivity index (χ1v) is 8.49. The lowest BCUT2D eigenvalue weighted by molar-refractivity contribution is 0.104. The number of carbonyl (C=O) groups excluding carboxylic acids is 1. The van der Waals surface area contributed by atoms with Crippen LogP contribution in [0, 0.1) is 0 Å². The van der Waals surface area contributed by atoms with Gasteiger partial charge in [0.05, 0.1) is 5.56 Å². The summed E-state index contributed by atoms with van der Waals surface area (Å²) in [6.07, 6.45) is 3.31. The van der Waals surface area contributed by atoms with E-state index < -0.39 is 0 Å². The van der Waals surface area contributed by atoms with E-state index in [1.165, 1.54) is 0 Å². The molecule has 0 amide bonds. The summed E-state index contributed by atoms with van der Waals surface area (Å²) in [5.74, 6) is 1.46. The summed E-state index contributed by atoms with van der Waals surface area (Å²) in [5, 5.41) is 0. The van der Waals surface area contributed by atoms with E-state index in [9.17, 15) is 4.79 Å². The van der Waals surface area contributed by atoms with Crippen LogP contribution in [-0.2, 0) is 6.61 Å². The zero-order valence-electron chi connectivity index (χ0n) is 13.2.